The molecule has 24 heavy (non-hydrogen) atoms. The molecular formula is C18H18N4O2. The van der Waals surface area contributed by atoms with Gasteiger partial charge in [0.15, 0.2) is 11.5 Å². The number of ether oxygens (including phenoxy) is 1. The summed E-state index contributed by atoms with van der Waals surface area (Å²) in [6.45, 7) is 4.11. The van der Waals surface area contributed by atoms with Gasteiger partial charge in [-0.1, -0.05) is 6.07 Å². The second kappa shape index (κ2) is 5.63. The van der Waals surface area contributed by atoms with Crippen molar-refractivity contribution in [2.24, 2.45) is 5.92 Å². The van der Waals surface area contributed by atoms with Gasteiger partial charge in [-0.05, 0) is 56.0 Å². The topological polar surface area (TPSA) is 68.5 Å². The Morgan fingerprint density at radius 1 is 1.21 bits per heavy atom. The van der Waals surface area contributed by atoms with Crippen molar-refractivity contribution < 1.29 is 9.53 Å². The predicted octanol–water partition coefficient (Wildman–Crippen LogP) is 3.49. The molecule has 0 unspecified atom stereocenters. The number of hydrogen-bond acceptors (Lipinski definition) is 4. The number of hydrogen-bond donors (Lipinski definition) is 1. The number of aryl methyl sites for hydroxylation is 2. The fourth-order valence-corrected chi connectivity index (χ4v) is 2.45. The average Bonchev–Trinajstić information content (AvgIpc) is 3.32. The van der Waals surface area contributed by atoms with E-state index < -0.39 is 0 Å². The fraction of sp³-hybridized carbons (Fsp3) is 0.278. The Morgan fingerprint density at radius 3 is 2.79 bits per heavy atom. The Bertz CT molecular complexity index is 928. The molecule has 0 bridgehead atoms. The molecule has 1 saturated carbocycles. The van der Waals surface area contributed by atoms with E-state index in [9.17, 15) is 4.79 Å². The summed E-state index contributed by atoms with van der Waals surface area (Å²) in [5.41, 5.74) is 3.05. The Labute approximate surface area is 139 Å². The number of aromatic nitrogens is 3. The normalized spacial score (nSPS) is 13.9. The maximum Gasteiger partial charge on any atom is 0.237 e. The molecule has 6 nitrogen and oxygen atoms in total. The molecule has 122 valence electrons. The lowest BCUT2D eigenvalue weighted by Gasteiger charge is -2.07. The summed E-state index contributed by atoms with van der Waals surface area (Å²) in [6, 6.07) is 9.51. The summed E-state index contributed by atoms with van der Waals surface area (Å²) in [5.74, 6) is 1.91. The molecule has 1 fully saturated rings. The van der Waals surface area contributed by atoms with E-state index in [-0.39, 0.29) is 11.8 Å². The Hall–Kier alpha value is -2.89. The minimum atomic E-state index is 0.0324. The summed E-state index contributed by atoms with van der Waals surface area (Å²) in [7, 11) is 0. The van der Waals surface area contributed by atoms with E-state index in [0.29, 0.717) is 17.3 Å². The van der Waals surface area contributed by atoms with Crippen LogP contribution in [0.15, 0.2) is 36.5 Å². The van der Waals surface area contributed by atoms with Gasteiger partial charge in [-0.2, -0.15) is 0 Å². The van der Waals surface area contributed by atoms with Gasteiger partial charge < -0.3 is 10.1 Å². The first kappa shape index (κ1) is 14.7. The third-order valence-electron chi connectivity index (χ3n) is 4.20. The maximum absolute atomic E-state index is 11.8. The number of fused-ring (bicyclic) bond motifs is 1. The van der Waals surface area contributed by atoms with Crippen molar-refractivity contribution in [3.05, 3.63) is 47.7 Å². The van der Waals surface area contributed by atoms with Gasteiger partial charge >= 0.3 is 0 Å². The molecule has 1 amide bonds. The van der Waals surface area contributed by atoms with Crippen LogP contribution in [0.5, 0.6) is 11.6 Å². The minimum Gasteiger partial charge on any atom is -0.438 e. The number of nitrogens with one attached hydrogen (secondary N) is 1. The number of carbonyl (C=O) groups excluding carboxylic acids is 1. The molecule has 1 N–H and O–H groups in total. The van der Waals surface area contributed by atoms with Crippen molar-refractivity contribution in [2.75, 3.05) is 5.32 Å². The molecule has 0 spiro atoms. The second-order valence-corrected chi connectivity index (χ2v) is 6.21. The van der Waals surface area contributed by atoms with Crippen LogP contribution in [0.1, 0.15) is 24.0 Å². The third kappa shape index (κ3) is 2.95. The highest BCUT2D eigenvalue weighted by Crippen LogP contribution is 2.30. The summed E-state index contributed by atoms with van der Waals surface area (Å²) in [5, 5.41) is 7.22. The Morgan fingerprint density at radius 2 is 2.04 bits per heavy atom. The zero-order valence-corrected chi connectivity index (χ0v) is 13.6. The molecule has 2 heterocycles. The van der Waals surface area contributed by atoms with Crippen LogP contribution in [0.4, 0.5) is 5.82 Å². The van der Waals surface area contributed by atoms with Crippen molar-refractivity contribution in [1.82, 2.24) is 14.6 Å². The Balaban J connectivity index is 1.55. The van der Waals surface area contributed by atoms with Crippen molar-refractivity contribution in [3.63, 3.8) is 0 Å². The maximum atomic E-state index is 11.8. The molecule has 3 aromatic rings. The first-order valence-corrected chi connectivity index (χ1v) is 8.01. The van der Waals surface area contributed by atoms with Crippen LogP contribution in [0.3, 0.4) is 0 Å². The molecule has 4 rings (SSSR count). The van der Waals surface area contributed by atoms with Gasteiger partial charge in [0.05, 0.1) is 6.20 Å². The standard InChI is InChI=1S/C18H18N4O2/c1-11-3-6-14(9-12(11)2)24-17-8-7-16-19-15(10-22(16)21-17)20-18(23)13-4-5-13/h3,6-10,13H,4-5H2,1-2H3,(H,20,23). The SMILES string of the molecule is Cc1ccc(Oc2ccc3nc(NC(=O)C4CC4)cn3n2)cc1C. The highest BCUT2D eigenvalue weighted by atomic mass is 16.5. The van der Waals surface area contributed by atoms with Crippen LogP contribution in [0.2, 0.25) is 0 Å². The van der Waals surface area contributed by atoms with Crippen molar-refractivity contribution in [3.8, 4) is 11.6 Å². The lowest BCUT2D eigenvalue weighted by Crippen LogP contribution is -2.13. The predicted molar refractivity (Wildman–Crippen MR) is 90.3 cm³/mol. The number of carbonyl (C=O) groups is 1. The molecular weight excluding hydrogens is 304 g/mol. The first-order chi connectivity index (χ1) is 11.6. The van der Waals surface area contributed by atoms with Gasteiger partial charge in [0.1, 0.15) is 5.75 Å². The third-order valence-corrected chi connectivity index (χ3v) is 4.20. The van der Waals surface area contributed by atoms with Crippen molar-refractivity contribution in [1.29, 1.82) is 0 Å². The van der Waals surface area contributed by atoms with Crippen molar-refractivity contribution >= 4 is 17.4 Å². The Kier molecular flexibility index (Phi) is 3.45. The number of imidazole rings is 1. The van der Waals surface area contributed by atoms with E-state index in [1.54, 1.807) is 16.8 Å². The van der Waals surface area contributed by atoms with Crippen LogP contribution >= 0.6 is 0 Å². The molecule has 6 heteroatoms. The number of benzene rings is 1. The fourth-order valence-electron chi connectivity index (χ4n) is 2.45. The van der Waals surface area contributed by atoms with Gasteiger partial charge in [-0.25, -0.2) is 9.50 Å². The summed E-state index contributed by atoms with van der Waals surface area (Å²) < 4.78 is 7.42. The lowest BCUT2D eigenvalue weighted by atomic mass is 10.1. The molecule has 2 aromatic heterocycles. The van der Waals surface area contributed by atoms with E-state index >= 15 is 0 Å². The van der Waals surface area contributed by atoms with E-state index in [1.807, 2.05) is 31.2 Å². The molecule has 1 aliphatic carbocycles. The van der Waals surface area contributed by atoms with E-state index in [1.165, 1.54) is 11.1 Å². The smallest absolute Gasteiger partial charge is 0.237 e. The monoisotopic (exact) mass is 322 g/mol. The number of nitrogens with zero attached hydrogens (tertiary/aromatic N) is 3. The van der Waals surface area contributed by atoms with Gasteiger partial charge in [0.25, 0.3) is 0 Å². The molecule has 0 radical (unpaired) electrons. The van der Waals surface area contributed by atoms with Crippen LogP contribution in [-0.4, -0.2) is 20.5 Å². The molecule has 0 aliphatic heterocycles. The van der Waals surface area contributed by atoms with Crippen LogP contribution < -0.4 is 10.1 Å². The van der Waals surface area contributed by atoms with Gasteiger partial charge in [0.2, 0.25) is 11.8 Å². The van der Waals surface area contributed by atoms with Gasteiger partial charge in [0, 0.05) is 12.0 Å². The number of anilines is 1. The summed E-state index contributed by atoms with van der Waals surface area (Å²) >= 11 is 0. The minimum absolute atomic E-state index is 0.0324. The van der Waals surface area contributed by atoms with Gasteiger partial charge in [-0.3, -0.25) is 4.79 Å². The average molecular weight is 322 g/mol. The van der Waals surface area contributed by atoms with Crippen molar-refractivity contribution in [2.45, 2.75) is 26.7 Å². The highest BCUT2D eigenvalue weighted by molar-refractivity contribution is 5.93. The van der Waals surface area contributed by atoms with E-state index in [0.717, 1.165) is 18.6 Å². The largest absolute Gasteiger partial charge is 0.438 e. The quantitative estimate of drug-likeness (QED) is 0.798. The second-order valence-electron chi connectivity index (χ2n) is 6.21. The zero-order chi connectivity index (χ0) is 16.7. The molecule has 1 aromatic carbocycles. The zero-order valence-electron chi connectivity index (χ0n) is 13.6. The number of amides is 1. The van der Waals surface area contributed by atoms with Gasteiger partial charge in [-0.15, -0.1) is 5.10 Å². The van der Waals surface area contributed by atoms with E-state index in [4.69, 9.17) is 4.74 Å². The molecule has 0 saturated heterocycles. The van der Waals surface area contributed by atoms with E-state index in [2.05, 4.69) is 22.3 Å². The first-order valence-electron chi connectivity index (χ1n) is 8.01. The van der Waals surface area contributed by atoms with Crippen LogP contribution in [0.25, 0.3) is 5.65 Å². The lowest BCUT2D eigenvalue weighted by molar-refractivity contribution is -0.117. The highest BCUT2D eigenvalue weighted by Gasteiger charge is 2.30. The summed E-state index contributed by atoms with van der Waals surface area (Å²) in [4.78, 5) is 16.2. The molecule has 1 aliphatic rings. The molecule has 0 atom stereocenters. The van der Waals surface area contributed by atoms with Crippen LogP contribution in [0, 0.1) is 19.8 Å². The summed E-state index contributed by atoms with van der Waals surface area (Å²) in [6.07, 6.45) is 3.62. The van der Waals surface area contributed by atoms with Crippen LogP contribution in [-0.2, 0) is 4.79 Å². The number of rotatable bonds is 4.